The lowest BCUT2D eigenvalue weighted by atomic mass is 10.3. The fourth-order valence-electron chi connectivity index (χ4n) is 0.978. The molecule has 78 valence electrons. The summed E-state index contributed by atoms with van der Waals surface area (Å²) in [6.45, 7) is 4.85. The molecule has 0 N–H and O–H groups in total. The first kappa shape index (κ1) is 11.9. The number of hydrogen-bond acceptors (Lipinski definition) is 3. The molecule has 14 heavy (non-hydrogen) atoms. The molecule has 0 fully saturated rings. The number of aryl methyl sites for hydroxylation is 1. The monoisotopic (exact) mass is 276 g/mol. The van der Waals surface area contributed by atoms with Crippen LogP contribution in [-0.4, -0.2) is 19.0 Å². The number of ketones is 1. The molecule has 0 spiro atoms. The molecule has 0 aromatic carbocycles. The van der Waals surface area contributed by atoms with Crippen LogP contribution in [0.2, 0.25) is 0 Å². The molecule has 0 radical (unpaired) electrons. The fraction of sp³-hybridized carbons (Fsp3) is 0.500. The van der Waals surface area contributed by atoms with Gasteiger partial charge in [0.1, 0.15) is 6.61 Å². The van der Waals surface area contributed by atoms with Crippen molar-refractivity contribution in [1.29, 1.82) is 0 Å². The molecule has 1 rings (SSSR count). The van der Waals surface area contributed by atoms with Crippen LogP contribution in [0.5, 0.6) is 0 Å². The van der Waals surface area contributed by atoms with Gasteiger partial charge in [-0.15, -0.1) is 11.3 Å². The van der Waals surface area contributed by atoms with Gasteiger partial charge in [0.05, 0.1) is 8.66 Å². The Bertz CT molecular complexity index is 300. The Morgan fingerprint density at radius 2 is 2.36 bits per heavy atom. The Hall–Kier alpha value is -0.190. The van der Waals surface area contributed by atoms with Gasteiger partial charge < -0.3 is 4.74 Å². The zero-order valence-electron chi connectivity index (χ0n) is 8.30. The highest BCUT2D eigenvalue weighted by molar-refractivity contribution is 9.11. The quantitative estimate of drug-likeness (QED) is 0.609. The summed E-state index contributed by atoms with van der Waals surface area (Å²) in [6, 6.07) is 1.90. The highest BCUT2D eigenvalue weighted by Crippen LogP contribution is 2.27. The SMILES string of the molecule is CCCOCC(=O)c1cc(C)c(Br)s1. The second-order valence-corrected chi connectivity index (χ2v) is 5.41. The van der Waals surface area contributed by atoms with Gasteiger partial charge in [0.25, 0.3) is 0 Å². The largest absolute Gasteiger partial charge is 0.373 e. The summed E-state index contributed by atoms with van der Waals surface area (Å²) in [5.41, 5.74) is 1.11. The average molecular weight is 277 g/mol. The standard InChI is InChI=1S/C10H13BrO2S/c1-3-4-13-6-8(12)9-5-7(2)10(11)14-9/h5H,3-4,6H2,1-2H3. The molecule has 0 saturated heterocycles. The van der Waals surface area contributed by atoms with Crippen LogP contribution in [0.4, 0.5) is 0 Å². The Morgan fingerprint density at radius 1 is 1.64 bits per heavy atom. The minimum atomic E-state index is 0.0669. The molecule has 1 heterocycles. The smallest absolute Gasteiger partial charge is 0.198 e. The van der Waals surface area contributed by atoms with Gasteiger partial charge in [-0.1, -0.05) is 6.92 Å². The maximum atomic E-state index is 11.5. The molecule has 4 heteroatoms. The lowest BCUT2D eigenvalue weighted by Gasteiger charge is -1.98. The summed E-state index contributed by atoms with van der Waals surface area (Å²) in [5.74, 6) is 0.0669. The molecule has 0 aliphatic rings. The van der Waals surface area contributed by atoms with E-state index in [1.165, 1.54) is 11.3 Å². The fourth-order valence-corrected chi connectivity index (χ4v) is 2.44. The van der Waals surface area contributed by atoms with Crippen molar-refractivity contribution in [3.05, 3.63) is 20.3 Å². The number of ether oxygens (including phenoxy) is 1. The minimum Gasteiger partial charge on any atom is -0.373 e. The van der Waals surface area contributed by atoms with E-state index in [2.05, 4.69) is 15.9 Å². The molecule has 0 atom stereocenters. The van der Waals surface area contributed by atoms with Gasteiger partial charge in [-0.25, -0.2) is 0 Å². The van der Waals surface area contributed by atoms with E-state index in [9.17, 15) is 4.79 Å². The highest BCUT2D eigenvalue weighted by atomic mass is 79.9. The van der Waals surface area contributed by atoms with Gasteiger partial charge in [-0.2, -0.15) is 0 Å². The first-order chi connectivity index (χ1) is 6.65. The van der Waals surface area contributed by atoms with Gasteiger partial charge >= 0.3 is 0 Å². The minimum absolute atomic E-state index is 0.0669. The molecule has 0 saturated carbocycles. The number of Topliss-reactive ketones (excluding diaryl/α,β-unsaturated/α-hetero) is 1. The van der Waals surface area contributed by atoms with E-state index in [4.69, 9.17) is 4.74 Å². The predicted molar refractivity (Wildman–Crippen MR) is 62.2 cm³/mol. The van der Waals surface area contributed by atoms with Crippen molar-refractivity contribution in [3.8, 4) is 0 Å². The maximum Gasteiger partial charge on any atom is 0.198 e. The molecule has 0 unspecified atom stereocenters. The van der Waals surface area contributed by atoms with Crippen LogP contribution in [0, 0.1) is 6.92 Å². The third-order valence-corrected chi connectivity index (χ3v) is 3.89. The van der Waals surface area contributed by atoms with Gasteiger partial charge in [-0.05, 0) is 40.9 Å². The van der Waals surface area contributed by atoms with Gasteiger partial charge in [0.15, 0.2) is 5.78 Å². The highest BCUT2D eigenvalue weighted by Gasteiger charge is 2.10. The second kappa shape index (κ2) is 5.63. The van der Waals surface area contributed by atoms with Crippen molar-refractivity contribution in [2.45, 2.75) is 20.3 Å². The Labute approximate surface area is 96.4 Å². The van der Waals surface area contributed by atoms with Crippen LogP contribution in [0.3, 0.4) is 0 Å². The molecule has 1 aromatic heterocycles. The number of halogens is 1. The van der Waals surface area contributed by atoms with Crippen LogP contribution in [0.15, 0.2) is 9.85 Å². The Balaban J connectivity index is 2.52. The number of carbonyl (C=O) groups excluding carboxylic acids is 1. The van der Waals surface area contributed by atoms with E-state index in [0.29, 0.717) is 6.61 Å². The van der Waals surface area contributed by atoms with Crippen LogP contribution in [0.25, 0.3) is 0 Å². The van der Waals surface area contributed by atoms with Crippen molar-refractivity contribution in [1.82, 2.24) is 0 Å². The van der Waals surface area contributed by atoms with Crippen molar-refractivity contribution in [3.63, 3.8) is 0 Å². The van der Waals surface area contributed by atoms with E-state index in [0.717, 1.165) is 20.6 Å². The normalized spacial score (nSPS) is 10.5. The lowest BCUT2D eigenvalue weighted by molar-refractivity contribution is 0.0765. The summed E-state index contributed by atoms with van der Waals surface area (Å²) in [5, 5.41) is 0. The number of thiophene rings is 1. The summed E-state index contributed by atoms with van der Waals surface area (Å²) in [7, 11) is 0. The third kappa shape index (κ3) is 3.19. The van der Waals surface area contributed by atoms with Crippen molar-refractivity contribution >= 4 is 33.0 Å². The molecular formula is C10H13BrO2S. The molecule has 0 bridgehead atoms. The van der Waals surface area contributed by atoms with E-state index in [-0.39, 0.29) is 12.4 Å². The predicted octanol–water partition coefficient (Wildman–Crippen LogP) is 3.43. The van der Waals surface area contributed by atoms with Gasteiger partial charge in [0, 0.05) is 6.61 Å². The first-order valence-electron chi connectivity index (χ1n) is 4.52. The topological polar surface area (TPSA) is 26.3 Å². The van der Waals surface area contributed by atoms with Crippen LogP contribution in [-0.2, 0) is 4.74 Å². The molecule has 2 nitrogen and oxygen atoms in total. The first-order valence-corrected chi connectivity index (χ1v) is 6.13. The van der Waals surface area contributed by atoms with E-state index in [1.54, 1.807) is 0 Å². The summed E-state index contributed by atoms with van der Waals surface area (Å²) >= 11 is 4.86. The summed E-state index contributed by atoms with van der Waals surface area (Å²) in [6.07, 6.45) is 0.945. The molecule has 0 amide bonds. The Kier molecular flexibility index (Phi) is 4.78. The van der Waals surface area contributed by atoms with Crippen LogP contribution in [0.1, 0.15) is 28.6 Å². The molecule has 1 aromatic rings. The number of carbonyl (C=O) groups is 1. The zero-order chi connectivity index (χ0) is 10.6. The molecule has 0 aliphatic carbocycles. The summed E-state index contributed by atoms with van der Waals surface area (Å²) < 4.78 is 6.21. The van der Waals surface area contributed by atoms with Crippen LogP contribution < -0.4 is 0 Å². The van der Waals surface area contributed by atoms with Gasteiger partial charge in [0.2, 0.25) is 0 Å². The van der Waals surface area contributed by atoms with Gasteiger partial charge in [-0.3, -0.25) is 4.79 Å². The van der Waals surface area contributed by atoms with E-state index in [1.807, 2.05) is 19.9 Å². The third-order valence-electron chi connectivity index (χ3n) is 1.71. The van der Waals surface area contributed by atoms with Crippen molar-refractivity contribution in [2.24, 2.45) is 0 Å². The lowest BCUT2D eigenvalue weighted by Crippen LogP contribution is -2.07. The van der Waals surface area contributed by atoms with E-state index < -0.39 is 0 Å². The average Bonchev–Trinajstić information content (AvgIpc) is 2.47. The molecule has 0 aliphatic heterocycles. The number of rotatable bonds is 5. The Morgan fingerprint density at radius 3 is 2.86 bits per heavy atom. The second-order valence-electron chi connectivity index (χ2n) is 3.04. The zero-order valence-corrected chi connectivity index (χ0v) is 10.7. The van der Waals surface area contributed by atoms with E-state index >= 15 is 0 Å². The molecular weight excluding hydrogens is 264 g/mol. The van der Waals surface area contributed by atoms with Crippen LogP contribution >= 0.6 is 27.3 Å². The maximum absolute atomic E-state index is 11.5. The summed E-state index contributed by atoms with van der Waals surface area (Å²) in [4.78, 5) is 12.3. The van der Waals surface area contributed by atoms with Crippen molar-refractivity contribution < 1.29 is 9.53 Å². The number of hydrogen-bond donors (Lipinski definition) is 0. The van der Waals surface area contributed by atoms with Crippen molar-refractivity contribution in [2.75, 3.05) is 13.2 Å².